The third-order valence-corrected chi connectivity index (χ3v) is 5.48. The number of methoxy groups -OCH3 is 1. The van der Waals surface area contributed by atoms with E-state index in [1.165, 1.54) is 5.69 Å². The normalized spacial score (nSPS) is 13.6. The quantitative estimate of drug-likeness (QED) is 0.563. The lowest BCUT2D eigenvalue weighted by Gasteiger charge is -2.31. The van der Waals surface area contributed by atoms with Crippen molar-refractivity contribution >= 4 is 11.8 Å². The number of hydrogen-bond acceptors (Lipinski definition) is 7. The van der Waals surface area contributed by atoms with Crippen molar-refractivity contribution in [3.8, 4) is 17.1 Å². The van der Waals surface area contributed by atoms with Crippen LogP contribution >= 0.6 is 0 Å². The highest BCUT2D eigenvalue weighted by Gasteiger charge is 2.29. The predicted molar refractivity (Wildman–Crippen MR) is 122 cm³/mol. The van der Waals surface area contributed by atoms with Gasteiger partial charge in [0, 0.05) is 42.5 Å². The third kappa shape index (κ3) is 4.17. The number of carbonyl (C=O) groups is 1. The van der Waals surface area contributed by atoms with Crippen molar-refractivity contribution in [2.75, 3.05) is 25.2 Å². The number of carbonyl (C=O) groups excluding carboxylic acids is 1. The first-order chi connectivity index (χ1) is 15.3. The molecule has 4 rings (SSSR count). The zero-order valence-electron chi connectivity index (χ0n) is 19.3. The van der Waals surface area contributed by atoms with Crippen molar-refractivity contribution in [1.82, 2.24) is 19.7 Å². The van der Waals surface area contributed by atoms with Crippen LogP contribution in [0.5, 0.6) is 5.75 Å². The molecule has 0 atom stereocenters. The molecule has 0 aliphatic carbocycles. The average molecular weight is 436 g/mol. The number of rotatable bonds is 5. The molecule has 0 bridgehead atoms. The molecule has 1 aliphatic rings. The summed E-state index contributed by atoms with van der Waals surface area (Å²) < 4.78 is 12.6. The van der Waals surface area contributed by atoms with E-state index in [0.717, 1.165) is 29.8 Å². The summed E-state index contributed by atoms with van der Waals surface area (Å²) in [5.41, 5.74) is 3.51. The second-order valence-corrected chi connectivity index (χ2v) is 8.75. The fraction of sp³-hybridized carbons (Fsp3) is 0.417. The molecule has 168 valence electrons. The molecule has 0 saturated carbocycles. The Morgan fingerprint density at radius 3 is 2.56 bits per heavy atom. The highest BCUT2D eigenvalue weighted by molar-refractivity contribution is 5.95. The summed E-state index contributed by atoms with van der Waals surface area (Å²) in [6, 6.07) is 7.55. The van der Waals surface area contributed by atoms with Crippen molar-refractivity contribution in [2.24, 2.45) is 0 Å². The minimum atomic E-state index is -0.417. The van der Waals surface area contributed by atoms with Gasteiger partial charge in [0.1, 0.15) is 17.1 Å². The molecular formula is C24H29N5O3. The number of aromatic nitrogens is 4. The molecule has 3 heterocycles. The minimum absolute atomic E-state index is 0.0811. The van der Waals surface area contributed by atoms with Gasteiger partial charge in [0.25, 0.3) is 0 Å². The molecule has 0 unspecified atom stereocenters. The van der Waals surface area contributed by atoms with Crippen LogP contribution in [0.15, 0.2) is 36.7 Å². The molecule has 1 aliphatic heterocycles. The first kappa shape index (κ1) is 21.8. The summed E-state index contributed by atoms with van der Waals surface area (Å²) in [5, 5.41) is 4.62. The van der Waals surface area contributed by atoms with Gasteiger partial charge in [-0.25, -0.2) is 14.8 Å². The van der Waals surface area contributed by atoms with Crippen molar-refractivity contribution in [2.45, 2.75) is 46.2 Å². The molecule has 32 heavy (non-hydrogen) atoms. The summed E-state index contributed by atoms with van der Waals surface area (Å²) >= 11 is 0. The number of nitrogens with zero attached hydrogens (tertiary/aromatic N) is 5. The highest BCUT2D eigenvalue weighted by atomic mass is 16.5. The summed E-state index contributed by atoms with van der Waals surface area (Å²) in [6.07, 6.45) is 4.30. The maximum Gasteiger partial charge on any atom is 0.343 e. The van der Waals surface area contributed by atoms with E-state index in [9.17, 15) is 4.79 Å². The molecule has 0 spiro atoms. The maximum atomic E-state index is 12.7. The van der Waals surface area contributed by atoms with E-state index in [0.29, 0.717) is 30.4 Å². The first-order valence-corrected chi connectivity index (χ1v) is 10.8. The predicted octanol–water partition coefficient (Wildman–Crippen LogP) is 3.84. The summed E-state index contributed by atoms with van der Waals surface area (Å²) in [7, 11) is 1.63. The van der Waals surface area contributed by atoms with Crippen LogP contribution in [-0.4, -0.2) is 46.0 Å². The van der Waals surface area contributed by atoms with Crippen LogP contribution in [0.3, 0.4) is 0 Å². The molecule has 3 aromatic rings. The standard InChI is InChI=1S/C24H29N5O3/c1-6-32-23(30)19-14-25-21(16-7-9-18(31-5)10-8-16)27-22(19)28-12-11-20-17(15-28)13-26-29(20)24(2,3)4/h7-10,13-14H,6,11-12,15H2,1-5H3. The molecule has 2 aromatic heterocycles. The van der Waals surface area contributed by atoms with Gasteiger partial charge < -0.3 is 14.4 Å². The molecule has 1 aromatic carbocycles. The fourth-order valence-corrected chi connectivity index (χ4v) is 3.94. The summed E-state index contributed by atoms with van der Waals surface area (Å²) in [6.45, 7) is 9.88. The number of fused-ring (bicyclic) bond motifs is 1. The molecule has 8 heteroatoms. The molecule has 0 fully saturated rings. The molecule has 8 nitrogen and oxygen atoms in total. The lowest BCUT2D eigenvalue weighted by atomic mass is 10.0. The maximum absolute atomic E-state index is 12.7. The van der Waals surface area contributed by atoms with Crippen molar-refractivity contribution in [3.05, 3.63) is 53.5 Å². The van der Waals surface area contributed by atoms with Crippen molar-refractivity contribution in [1.29, 1.82) is 0 Å². The number of ether oxygens (including phenoxy) is 2. The second-order valence-electron chi connectivity index (χ2n) is 8.75. The fourth-order valence-electron chi connectivity index (χ4n) is 3.94. The van der Waals surface area contributed by atoms with Crippen LogP contribution in [0.4, 0.5) is 5.82 Å². The van der Waals surface area contributed by atoms with Gasteiger partial charge in [-0.1, -0.05) is 0 Å². The lowest BCUT2D eigenvalue weighted by molar-refractivity contribution is 0.0526. The Morgan fingerprint density at radius 1 is 1.16 bits per heavy atom. The Morgan fingerprint density at radius 2 is 1.91 bits per heavy atom. The van der Waals surface area contributed by atoms with Gasteiger partial charge in [-0.05, 0) is 52.0 Å². The lowest BCUT2D eigenvalue weighted by Crippen LogP contribution is -2.35. The summed E-state index contributed by atoms with van der Waals surface area (Å²) in [4.78, 5) is 24.0. The van der Waals surface area contributed by atoms with Gasteiger partial charge in [0.15, 0.2) is 5.82 Å². The topological polar surface area (TPSA) is 82.4 Å². The van der Waals surface area contributed by atoms with E-state index in [1.807, 2.05) is 30.5 Å². The summed E-state index contributed by atoms with van der Waals surface area (Å²) in [5.74, 6) is 1.47. The van der Waals surface area contributed by atoms with Crippen LogP contribution in [0.25, 0.3) is 11.4 Å². The van der Waals surface area contributed by atoms with Gasteiger partial charge in [0.2, 0.25) is 0 Å². The Bertz CT molecular complexity index is 1120. The van der Waals surface area contributed by atoms with E-state index < -0.39 is 5.97 Å². The average Bonchev–Trinajstić information content (AvgIpc) is 3.23. The van der Waals surface area contributed by atoms with Crippen LogP contribution in [0, 0.1) is 0 Å². The molecule has 0 N–H and O–H groups in total. The highest BCUT2D eigenvalue weighted by Crippen LogP contribution is 2.30. The Labute approximate surface area is 188 Å². The number of benzene rings is 1. The number of esters is 1. The van der Waals surface area contributed by atoms with Gasteiger partial charge in [-0.3, -0.25) is 4.68 Å². The first-order valence-electron chi connectivity index (χ1n) is 10.8. The van der Waals surface area contributed by atoms with E-state index in [1.54, 1.807) is 20.2 Å². The zero-order valence-corrected chi connectivity index (χ0v) is 19.3. The van der Waals surface area contributed by atoms with E-state index in [-0.39, 0.29) is 5.54 Å². The van der Waals surface area contributed by atoms with Gasteiger partial charge in [-0.2, -0.15) is 5.10 Å². The third-order valence-electron chi connectivity index (χ3n) is 5.48. The number of hydrogen-bond donors (Lipinski definition) is 0. The van der Waals surface area contributed by atoms with Gasteiger partial charge in [0.05, 0.1) is 25.5 Å². The largest absolute Gasteiger partial charge is 0.497 e. The molecule has 0 radical (unpaired) electrons. The molecule has 0 saturated heterocycles. The van der Waals surface area contributed by atoms with Crippen LogP contribution in [-0.2, 0) is 23.2 Å². The molecular weight excluding hydrogens is 406 g/mol. The van der Waals surface area contributed by atoms with Gasteiger partial charge >= 0.3 is 5.97 Å². The van der Waals surface area contributed by atoms with Crippen LogP contribution in [0.2, 0.25) is 0 Å². The second kappa shape index (κ2) is 8.61. The number of anilines is 1. The van der Waals surface area contributed by atoms with E-state index >= 15 is 0 Å². The smallest absolute Gasteiger partial charge is 0.343 e. The zero-order chi connectivity index (χ0) is 22.9. The molecule has 0 amide bonds. The van der Waals surface area contributed by atoms with Crippen molar-refractivity contribution < 1.29 is 14.3 Å². The monoisotopic (exact) mass is 435 g/mol. The van der Waals surface area contributed by atoms with E-state index in [2.05, 4.69) is 40.4 Å². The Balaban J connectivity index is 1.72. The van der Waals surface area contributed by atoms with Crippen LogP contribution < -0.4 is 9.64 Å². The SMILES string of the molecule is CCOC(=O)c1cnc(-c2ccc(OC)cc2)nc1N1CCc2c(cnn2C(C)(C)C)C1. The minimum Gasteiger partial charge on any atom is -0.497 e. The van der Waals surface area contributed by atoms with Gasteiger partial charge in [-0.15, -0.1) is 0 Å². The van der Waals surface area contributed by atoms with Crippen LogP contribution in [0.1, 0.15) is 49.3 Å². The Hall–Kier alpha value is -3.42. The van der Waals surface area contributed by atoms with E-state index in [4.69, 9.17) is 14.5 Å². The Kier molecular flexibility index (Phi) is 5.86. The van der Waals surface area contributed by atoms with Crippen molar-refractivity contribution in [3.63, 3.8) is 0 Å².